The van der Waals surface area contributed by atoms with E-state index in [0.717, 1.165) is 37.9 Å². The molecular weight excluding hydrogens is 422 g/mol. The maximum atomic E-state index is 6.05. The van der Waals surface area contributed by atoms with Crippen LogP contribution in [0, 0.1) is 0 Å². The number of aromatic nitrogens is 1. The molecule has 0 unspecified atom stereocenters. The Morgan fingerprint density at radius 3 is 2.33 bits per heavy atom. The molecule has 0 saturated heterocycles. The van der Waals surface area contributed by atoms with E-state index in [1.807, 2.05) is 79.0 Å². The van der Waals surface area contributed by atoms with Crippen LogP contribution in [0.5, 0.6) is 0 Å². The average molecular weight is 437 g/mol. The van der Waals surface area contributed by atoms with Crippen molar-refractivity contribution in [2.24, 2.45) is 5.10 Å². The number of hydrogen-bond acceptors (Lipinski definition) is 3. The van der Waals surface area contributed by atoms with Gasteiger partial charge in [-0.1, -0.05) is 63.9 Å². The number of hydrogen-bond donors (Lipinski definition) is 1. The first kappa shape index (κ1) is 17.7. The normalized spacial score (nSPS) is 11.6. The van der Waals surface area contributed by atoms with E-state index in [-0.39, 0.29) is 0 Å². The summed E-state index contributed by atoms with van der Waals surface area (Å²) >= 11 is 9.50. The van der Waals surface area contributed by atoms with Gasteiger partial charge in [0.15, 0.2) is 0 Å². The van der Waals surface area contributed by atoms with E-state index in [1.165, 1.54) is 0 Å². The summed E-state index contributed by atoms with van der Waals surface area (Å²) in [4.78, 5) is 4.62. The van der Waals surface area contributed by atoms with Crippen molar-refractivity contribution in [3.63, 3.8) is 0 Å². The molecule has 0 saturated carbocycles. The van der Waals surface area contributed by atoms with Gasteiger partial charge < -0.3 is 0 Å². The van der Waals surface area contributed by atoms with Crippen molar-refractivity contribution >= 4 is 49.7 Å². The molecule has 5 heteroatoms. The Kier molecular flexibility index (Phi) is 5.19. The quantitative estimate of drug-likeness (QED) is 0.292. The summed E-state index contributed by atoms with van der Waals surface area (Å²) in [6.07, 6.45) is 1.87. The molecule has 0 amide bonds. The fraction of sp³-hybridized carbons (Fsp3) is 0. The topological polar surface area (TPSA) is 37.3 Å². The van der Waals surface area contributed by atoms with E-state index in [2.05, 4.69) is 37.5 Å². The number of anilines is 1. The van der Waals surface area contributed by atoms with Gasteiger partial charge in [-0.15, -0.1) is 0 Å². The number of hydrazone groups is 1. The minimum Gasteiger partial charge on any atom is -0.278 e. The minimum absolute atomic E-state index is 0.686. The van der Waals surface area contributed by atoms with Crippen LogP contribution in [0.1, 0.15) is 11.3 Å². The molecule has 27 heavy (non-hydrogen) atoms. The third-order valence-electron chi connectivity index (χ3n) is 4.13. The van der Waals surface area contributed by atoms with Crippen LogP contribution in [-0.2, 0) is 0 Å². The summed E-state index contributed by atoms with van der Waals surface area (Å²) < 4.78 is 1.02. The van der Waals surface area contributed by atoms with Crippen molar-refractivity contribution in [2.45, 2.75) is 0 Å². The van der Waals surface area contributed by atoms with Crippen molar-refractivity contribution in [2.75, 3.05) is 5.43 Å². The van der Waals surface area contributed by atoms with Crippen molar-refractivity contribution < 1.29 is 0 Å². The van der Waals surface area contributed by atoms with E-state index in [9.17, 15) is 0 Å². The van der Waals surface area contributed by atoms with Gasteiger partial charge in [0, 0.05) is 26.6 Å². The van der Waals surface area contributed by atoms with Crippen LogP contribution in [0.25, 0.3) is 10.8 Å². The summed E-state index contributed by atoms with van der Waals surface area (Å²) in [5.41, 5.74) is 6.50. The van der Waals surface area contributed by atoms with E-state index in [4.69, 9.17) is 11.6 Å². The first-order valence-corrected chi connectivity index (χ1v) is 9.56. The molecule has 0 radical (unpaired) electrons. The van der Waals surface area contributed by atoms with Crippen LogP contribution in [-0.4, -0.2) is 10.7 Å². The minimum atomic E-state index is 0.686. The van der Waals surface area contributed by atoms with Crippen LogP contribution >= 0.6 is 27.5 Å². The van der Waals surface area contributed by atoms with Gasteiger partial charge in [0.1, 0.15) is 5.71 Å². The monoisotopic (exact) mass is 435 g/mol. The maximum absolute atomic E-state index is 6.05. The lowest BCUT2D eigenvalue weighted by Gasteiger charge is -2.09. The van der Waals surface area contributed by atoms with Crippen LogP contribution in [0.15, 0.2) is 94.6 Å². The molecule has 1 aromatic heterocycles. The molecule has 4 rings (SSSR count). The van der Waals surface area contributed by atoms with E-state index in [1.54, 1.807) is 0 Å². The van der Waals surface area contributed by atoms with Gasteiger partial charge in [-0.3, -0.25) is 10.4 Å². The number of nitrogens with zero attached hydrogens (tertiary/aromatic N) is 2. The highest BCUT2D eigenvalue weighted by Gasteiger charge is 2.10. The van der Waals surface area contributed by atoms with Crippen molar-refractivity contribution in [1.29, 1.82) is 0 Å². The summed E-state index contributed by atoms with van der Waals surface area (Å²) in [6, 6.07) is 25.6. The molecule has 0 atom stereocenters. The van der Waals surface area contributed by atoms with Crippen molar-refractivity contribution in [1.82, 2.24) is 4.98 Å². The zero-order valence-corrected chi connectivity index (χ0v) is 16.6. The van der Waals surface area contributed by atoms with Gasteiger partial charge in [-0.05, 0) is 47.9 Å². The molecule has 0 aliphatic rings. The van der Waals surface area contributed by atoms with Gasteiger partial charge in [0.05, 0.1) is 11.4 Å². The largest absolute Gasteiger partial charge is 0.278 e. The molecule has 1 N–H and O–H groups in total. The lowest BCUT2D eigenvalue weighted by molar-refractivity contribution is 1.27. The smallest absolute Gasteiger partial charge is 0.116 e. The Labute approximate surface area is 170 Å². The molecule has 4 aromatic rings. The molecule has 1 heterocycles. The van der Waals surface area contributed by atoms with Gasteiger partial charge in [-0.25, -0.2) is 0 Å². The van der Waals surface area contributed by atoms with Crippen LogP contribution in [0.3, 0.4) is 0 Å². The van der Waals surface area contributed by atoms with E-state index < -0.39 is 0 Å². The van der Waals surface area contributed by atoms with Gasteiger partial charge in [-0.2, -0.15) is 5.10 Å². The third-order valence-corrected chi connectivity index (χ3v) is 4.91. The highest BCUT2D eigenvalue weighted by Crippen LogP contribution is 2.19. The fourth-order valence-corrected chi connectivity index (χ4v) is 3.13. The average Bonchev–Trinajstić information content (AvgIpc) is 2.71. The third kappa shape index (κ3) is 4.18. The zero-order valence-electron chi connectivity index (χ0n) is 14.2. The molecule has 3 nitrogen and oxygen atoms in total. The predicted octanol–water partition coefficient (Wildman–Crippen LogP) is 6.52. The Bertz CT molecular complexity index is 1110. The highest BCUT2D eigenvalue weighted by atomic mass is 79.9. The Hall–Kier alpha value is -2.69. The van der Waals surface area contributed by atoms with Gasteiger partial charge in [0.2, 0.25) is 0 Å². The van der Waals surface area contributed by atoms with E-state index >= 15 is 0 Å². The fourth-order valence-electron chi connectivity index (χ4n) is 2.74. The SMILES string of the molecule is Clc1ccc(/C(=N\Nc2ccc(Br)cc2)c2cc3ccccc3cn2)cc1. The summed E-state index contributed by atoms with van der Waals surface area (Å²) in [6.45, 7) is 0. The Morgan fingerprint density at radius 1 is 0.889 bits per heavy atom. The molecule has 0 aliphatic heterocycles. The number of benzene rings is 3. The second kappa shape index (κ2) is 7.91. The van der Waals surface area contributed by atoms with Crippen molar-refractivity contribution in [3.05, 3.63) is 106 Å². The standard InChI is InChI=1S/C22H15BrClN3/c23-18-7-11-20(12-8-18)26-27-22(15-5-9-19(24)10-6-15)21-13-16-3-1-2-4-17(16)14-25-21/h1-14,26H/b27-22+. The first-order valence-electron chi connectivity index (χ1n) is 8.39. The zero-order chi connectivity index (χ0) is 18.6. The number of fused-ring (bicyclic) bond motifs is 1. The Morgan fingerprint density at radius 2 is 1.59 bits per heavy atom. The summed E-state index contributed by atoms with van der Waals surface area (Å²) in [5.74, 6) is 0. The van der Waals surface area contributed by atoms with Crippen LogP contribution in [0.4, 0.5) is 5.69 Å². The Balaban J connectivity index is 1.77. The summed E-state index contributed by atoms with van der Waals surface area (Å²) in [7, 11) is 0. The number of halogens is 2. The second-order valence-electron chi connectivity index (χ2n) is 6.00. The lowest BCUT2D eigenvalue weighted by Crippen LogP contribution is -2.08. The first-order chi connectivity index (χ1) is 13.2. The number of rotatable bonds is 4. The predicted molar refractivity (Wildman–Crippen MR) is 117 cm³/mol. The number of pyridine rings is 1. The van der Waals surface area contributed by atoms with Crippen LogP contribution in [0.2, 0.25) is 5.02 Å². The van der Waals surface area contributed by atoms with Gasteiger partial charge in [0.25, 0.3) is 0 Å². The summed E-state index contributed by atoms with van der Waals surface area (Å²) in [5, 5.41) is 7.55. The van der Waals surface area contributed by atoms with Gasteiger partial charge >= 0.3 is 0 Å². The molecule has 0 spiro atoms. The molecule has 3 aromatic carbocycles. The van der Waals surface area contributed by atoms with E-state index in [0.29, 0.717) is 5.02 Å². The molecular formula is C22H15BrClN3. The van der Waals surface area contributed by atoms with Crippen molar-refractivity contribution in [3.8, 4) is 0 Å². The second-order valence-corrected chi connectivity index (χ2v) is 7.35. The molecule has 0 bridgehead atoms. The highest BCUT2D eigenvalue weighted by molar-refractivity contribution is 9.10. The number of nitrogens with one attached hydrogen (secondary N) is 1. The lowest BCUT2D eigenvalue weighted by atomic mass is 10.0. The molecule has 0 fully saturated rings. The molecule has 132 valence electrons. The maximum Gasteiger partial charge on any atom is 0.116 e. The van der Waals surface area contributed by atoms with Crippen LogP contribution < -0.4 is 5.43 Å². The molecule has 0 aliphatic carbocycles.